The number of rotatable bonds is 2. The maximum atomic E-state index is 2.23. The van der Waals surface area contributed by atoms with Gasteiger partial charge in [-0.25, -0.2) is 0 Å². The van der Waals surface area contributed by atoms with E-state index in [9.17, 15) is 0 Å². The van der Waals surface area contributed by atoms with Crippen LogP contribution in [0.4, 0.5) is 0 Å². The van der Waals surface area contributed by atoms with Crippen LogP contribution >= 0.6 is 23.5 Å². The Morgan fingerprint density at radius 1 is 0.700 bits per heavy atom. The molecule has 0 spiro atoms. The molecule has 0 unspecified atom stereocenters. The third-order valence-corrected chi connectivity index (χ3v) is 4.01. The first-order valence-corrected chi connectivity index (χ1v) is 8.38. The molecule has 0 bridgehead atoms. The molecule has 2 aromatic carbocycles. The SMILES string of the molecule is C.CC(C)(C)Sc1ccccc1.CSc1ccccc1. The zero-order valence-electron chi connectivity index (χ0n) is 12.1. The van der Waals surface area contributed by atoms with Crippen molar-refractivity contribution in [3.8, 4) is 0 Å². The van der Waals surface area contributed by atoms with Gasteiger partial charge < -0.3 is 0 Å². The molecule has 0 heterocycles. The zero-order valence-corrected chi connectivity index (χ0v) is 13.7. The fraction of sp³-hybridized carbons (Fsp3) is 0.333. The van der Waals surface area contributed by atoms with Gasteiger partial charge in [0.25, 0.3) is 0 Å². The van der Waals surface area contributed by atoms with Gasteiger partial charge in [0, 0.05) is 14.5 Å². The van der Waals surface area contributed by atoms with Crippen LogP contribution in [-0.4, -0.2) is 11.0 Å². The molecule has 0 N–H and O–H groups in total. The molecule has 2 aromatic rings. The van der Waals surface area contributed by atoms with E-state index in [-0.39, 0.29) is 7.43 Å². The highest BCUT2D eigenvalue weighted by molar-refractivity contribution is 8.00. The van der Waals surface area contributed by atoms with Crippen LogP contribution in [0.3, 0.4) is 0 Å². The van der Waals surface area contributed by atoms with Gasteiger partial charge in [0.05, 0.1) is 0 Å². The average Bonchev–Trinajstić information content (AvgIpc) is 2.40. The van der Waals surface area contributed by atoms with Crippen molar-refractivity contribution in [3.63, 3.8) is 0 Å². The maximum absolute atomic E-state index is 2.23. The molecular weight excluding hydrogens is 280 g/mol. The van der Waals surface area contributed by atoms with Gasteiger partial charge in [-0.05, 0) is 30.5 Å². The van der Waals surface area contributed by atoms with E-state index in [1.165, 1.54) is 9.79 Å². The minimum atomic E-state index is 0. The second kappa shape index (κ2) is 9.95. The Morgan fingerprint density at radius 2 is 1.10 bits per heavy atom. The van der Waals surface area contributed by atoms with Gasteiger partial charge in [-0.1, -0.05) is 64.6 Å². The summed E-state index contributed by atoms with van der Waals surface area (Å²) >= 11 is 3.67. The largest absolute Gasteiger partial charge is 0.130 e. The van der Waals surface area contributed by atoms with Crippen LogP contribution in [0.1, 0.15) is 28.2 Å². The Kier molecular flexibility index (Phi) is 9.52. The summed E-state index contributed by atoms with van der Waals surface area (Å²) in [4.78, 5) is 2.67. The monoisotopic (exact) mass is 306 g/mol. The number of thioether (sulfide) groups is 2. The van der Waals surface area contributed by atoms with Gasteiger partial charge >= 0.3 is 0 Å². The van der Waals surface area contributed by atoms with Crippen LogP contribution in [0.5, 0.6) is 0 Å². The van der Waals surface area contributed by atoms with Gasteiger partial charge in [0.15, 0.2) is 0 Å². The Morgan fingerprint density at radius 3 is 1.40 bits per heavy atom. The highest BCUT2D eigenvalue weighted by atomic mass is 32.2. The van der Waals surface area contributed by atoms with E-state index in [1.54, 1.807) is 11.8 Å². The summed E-state index contributed by atoms with van der Waals surface area (Å²) in [7, 11) is 0. The Balaban J connectivity index is 0.000000359. The van der Waals surface area contributed by atoms with Crippen LogP contribution in [0.2, 0.25) is 0 Å². The fourth-order valence-electron chi connectivity index (χ4n) is 1.40. The topological polar surface area (TPSA) is 0 Å². The molecular formula is C18H26S2. The first-order chi connectivity index (χ1) is 9.01. The second-order valence-electron chi connectivity index (χ2n) is 5.04. The molecule has 0 aliphatic heterocycles. The highest BCUT2D eigenvalue weighted by Crippen LogP contribution is 2.31. The summed E-state index contributed by atoms with van der Waals surface area (Å²) in [5.41, 5.74) is 0. The van der Waals surface area contributed by atoms with Crippen LogP contribution < -0.4 is 0 Å². The third-order valence-electron chi connectivity index (χ3n) is 2.15. The van der Waals surface area contributed by atoms with E-state index in [2.05, 4.69) is 63.4 Å². The normalized spacial score (nSPS) is 10.0. The summed E-state index contributed by atoms with van der Waals surface area (Å²) in [5, 5.41) is 0. The van der Waals surface area contributed by atoms with Gasteiger partial charge in [-0.3, -0.25) is 0 Å². The molecule has 0 amide bonds. The number of hydrogen-bond donors (Lipinski definition) is 0. The Labute approximate surface area is 133 Å². The van der Waals surface area contributed by atoms with Crippen molar-refractivity contribution in [2.24, 2.45) is 0 Å². The highest BCUT2D eigenvalue weighted by Gasteiger charge is 2.10. The van der Waals surface area contributed by atoms with Crippen LogP contribution in [0.25, 0.3) is 0 Å². The van der Waals surface area contributed by atoms with E-state index < -0.39 is 0 Å². The van der Waals surface area contributed by atoms with Crippen molar-refractivity contribution in [2.45, 2.75) is 42.7 Å². The molecule has 0 saturated heterocycles. The van der Waals surface area contributed by atoms with Crippen LogP contribution in [0, 0.1) is 0 Å². The van der Waals surface area contributed by atoms with Gasteiger partial charge in [-0.2, -0.15) is 0 Å². The van der Waals surface area contributed by atoms with Crippen molar-refractivity contribution in [1.82, 2.24) is 0 Å². The first kappa shape index (κ1) is 19.1. The van der Waals surface area contributed by atoms with E-state index in [4.69, 9.17) is 0 Å². The molecule has 0 saturated carbocycles. The minimum Gasteiger partial charge on any atom is -0.130 e. The predicted molar refractivity (Wildman–Crippen MR) is 97.0 cm³/mol. The molecule has 0 aliphatic carbocycles. The van der Waals surface area contributed by atoms with E-state index in [0.29, 0.717) is 4.75 Å². The predicted octanol–water partition coefficient (Wildman–Crippen LogP) is 6.62. The summed E-state index contributed by atoms with van der Waals surface area (Å²) in [6.07, 6.45) is 2.08. The molecule has 2 rings (SSSR count). The number of hydrogen-bond acceptors (Lipinski definition) is 2. The smallest absolute Gasteiger partial charge is 0.0122 e. The maximum Gasteiger partial charge on any atom is 0.0122 e. The molecule has 0 atom stereocenters. The summed E-state index contributed by atoms with van der Waals surface area (Å²) in [6, 6.07) is 20.8. The van der Waals surface area contributed by atoms with Crippen molar-refractivity contribution in [1.29, 1.82) is 0 Å². The van der Waals surface area contributed by atoms with E-state index in [0.717, 1.165) is 0 Å². The van der Waals surface area contributed by atoms with Gasteiger partial charge in [0.2, 0.25) is 0 Å². The van der Waals surface area contributed by atoms with Crippen LogP contribution in [0.15, 0.2) is 70.5 Å². The lowest BCUT2D eigenvalue weighted by atomic mass is 10.3. The average molecular weight is 307 g/mol. The summed E-state index contributed by atoms with van der Waals surface area (Å²) in [6.45, 7) is 6.68. The first-order valence-electron chi connectivity index (χ1n) is 6.34. The zero-order chi connectivity index (χ0) is 14.1. The Bertz CT molecular complexity index is 444. The second-order valence-corrected chi connectivity index (χ2v) is 7.82. The molecule has 0 aromatic heterocycles. The molecule has 20 heavy (non-hydrogen) atoms. The lowest BCUT2D eigenvalue weighted by Gasteiger charge is -2.16. The number of benzene rings is 2. The third kappa shape index (κ3) is 9.11. The van der Waals surface area contributed by atoms with E-state index >= 15 is 0 Å². The summed E-state index contributed by atoms with van der Waals surface area (Å²) in [5.74, 6) is 0. The van der Waals surface area contributed by atoms with Crippen LogP contribution in [-0.2, 0) is 0 Å². The quantitative estimate of drug-likeness (QED) is 0.572. The molecule has 0 aliphatic rings. The van der Waals surface area contributed by atoms with Gasteiger partial charge in [-0.15, -0.1) is 23.5 Å². The summed E-state index contributed by atoms with van der Waals surface area (Å²) < 4.78 is 0.321. The minimum absolute atomic E-state index is 0. The molecule has 0 nitrogen and oxygen atoms in total. The molecule has 0 radical (unpaired) electrons. The molecule has 110 valence electrons. The lowest BCUT2D eigenvalue weighted by molar-refractivity contribution is 0.803. The fourth-order valence-corrected chi connectivity index (χ4v) is 2.83. The standard InChI is InChI=1S/C10H14S.C7H8S.CH4/c1-10(2,3)11-9-7-5-4-6-8-9;1-8-7-5-3-2-4-6-7;/h4-8H,1-3H3;2-6H,1H3;1H4. The lowest BCUT2D eigenvalue weighted by Crippen LogP contribution is -2.06. The Hall–Kier alpha value is -0.860. The van der Waals surface area contributed by atoms with Gasteiger partial charge in [0.1, 0.15) is 0 Å². The molecule has 0 fully saturated rings. The van der Waals surface area contributed by atoms with Crippen molar-refractivity contribution in [3.05, 3.63) is 60.7 Å². The van der Waals surface area contributed by atoms with Crippen molar-refractivity contribution in [2.75, 3.05) is 6.26 Å². The van der Waals surface area contributed by atoms with Crippen molar-refractivity contribution < 1.29 is 0 Å². The van der Waals surface area contributed by atoms with E-state index in [1.807, 2.05) is 36.0 Å². The molecule has 2 heteroatoms. The van der Waals surface area contributed by atoms with Crippen molar-refractivity contribution >= 4 is 23.5 Å².